The highest BCUT2D eigenvalue weighted by Gasteiger charge is 2.08. The van der Waals surface area contributed by atoms with Crippen LogP contribution in [0.15, 0.2) is 42.5 Å². The van der Waals surface area contributed by atoms with Crippen LogP contribution in [0.1, 0.15) is 17.3 Å². The number of esters is 1. The van der Waals surface area contributed by atoms with E-state index in [-0.39, 0.29) is 23.8 Å². The molecular formula is C16H16N2O5. The van der Waals surface area contributed by atoms with Crippen molar-refractivity contribution >= 4 is 23.4 Å². The third-order valence-electron chi connectivity index (χ3n) is 2.81. The molecule has 0 unspecified atom stereocenters. The van der Waals surface area contributed by atoms with Crippen LogP contribution in [0.4, 0.5) is 16.2 Å². The molecule has 120 valence electrons. The van der Waals surface area contributed by atoms with Crippen molar-refractivity contribution in [3.63, 3.8) is 0 Å². The SMILES string of the molecule is CCOC(=O)c1ccc(NC(=O)Nc2cc(O)cc(O)c2)cc1. The van der Waals surface area contributed by atoms with Crippen molar-refractivity contribution in [2.24, 2.45) is 0 Å². The molecule has 23 heavy (non-hydrogen) atoms. The number of urea groups is 1. The standard InChI is InChI=1S/C16H16N2O5/c1-2-23-15(21)10-3-5-11(6-4-10)17-16(22)18-12-7-13(19)9-14(20)8-12/h3-9,19-20H,2H2,1H3,(H2,17,18,22). The van der Waals surface area contributed by atoms with Gasteiger partial charge in [-0.05, 0) is 31.2 Å². The number of carbonyl (C=O) groups excluding carboxylic acids is 2. The molecule has 0 heterocycles. The van der Waals surface area contributed by atoms with Crippen molar-refractivity contribution in [3.8, 4) is 11.5 Å². The van der Waals surface area contributed by atoms with Crippen LogP contribution in [-0.2, 0) is 4.74 Å². The lowest BCUT2D eigenvalue weighted by Gasteiger charge is -2.09. The molecule has 0 aromatic heterocycles. The molecule has 0 saturated carbocycles. The van der Waals surface area contributed by atoms with E-state index in [0.717, 1.165) is 6.07 Å². The Morgan fingerprint density at radius 1 is 0.957 bits per heavy atom. The van der Waals surface area contributed by atoms with Crippen molar-refractivity contribution in [2.75, 3.05) is 17.2 Å². The molecule has 2 aromatic rings. The zero-order valence-corrected chi connectivity index (χ0v) is 12.4. The van der Waals surface area contributed by atoms with Crippen molar-refractivity contribution in [1.29, 1.82) is 0 Å². The predicted molar refractivity (Wildman–Crippen MR) is 84.8 cm³/mol. The van der Waals surface area contributed by atoms with Crippen LogP contribution >= 0.6 is 0 Å². The van der Waals surface area contributed by atoms with Gasteiger partial charge in [-0.15, -0.1) is 0 Å². The zero-order chi connectivity index (χ0) is 16.8. The van der Waals surface area contributed by atoms with Gasteiger partial charge in [0.2, 0.25) is 0 Å². The number of benzene rings is 2. The van der Waals surface area contributed by atoms with Crippen LogP contribution in [0.5, 0.6) is 11.5 Å². The monoisotopic (exact) mass is 316 g/mol. The van der Waals surface area contributed by atoms with E-state index in [9.17, 15) is 19.8 Å². The maximum Gasteiger partial charge on any atom is 0.338 e. The number of hydrogen-bond acceptors (Lipinski definition) is 5. The molecule has 0 radical (unpaired) electrons. The fourth-order valence-electron chi connectivity index (χ4n) is 1.86. The Kier molecular flexibility index (Phi) is 5.03. The van der Waals surface area contributed by atoms with Crippen LogP contribution in [0.2, 0.25) is 0 Å². The summed E-state index contributed by atoms with van der Waals surface area (Å²) in [5.74, 6) is -0.767. The molecule has 0 spiro atoms. The van der Waals surface area contributed by atoms with E-state index in [2.05, 4.69) is 10.6 Å². The fourth-order valence-corrected chi connectivity index (χ4v) is 1.86. The van der Waals surface area contributed by atoms with Gasteiger partial charge in [-0.1, -0.05) is 0 Å². The molecule has 2 amide bonds. The smallest absolute Gasteiger partial charge is 0.338 e. The highest BCUT2D eigenvalue weighted by atomic mass is 16.5. The number of hydrogen-bond donors (Lipinski definition) is 4. The van der Waals surface area contributed by atoms with Gasteiger partial charge in [-0.3, -0.25) is 0 Å². The van der Waals surface area contributed by atoms with Gasteiger partial charge in [0.25, 0.3) is 0 Å². The summed E-state index contributed by atoms with van der Waals surface area (Å²) in [6.07, 6.45) is 0. The summed E-state index contributed by atoms with van der Waals surface area (Å²) in [6, 6.07) is 9.38. The topological polar surface area (TPSA) is 108 Å². The number of phenolic OH excluding ortho intramolecular Hbond substituents is 2. The van der Waals surface area contributed by atoms with E-state index in [0.29, 0.717) is 11.3 Å². The summed E-state index contributed by atoms with van der Waals surface area (Å²) in [6.45, 7) is 2.01. The lowest BCUT2D eigenvalue weighted by Crippen LogP contribution is -2.19. The molecule has 7 heteroatoms. The molecule has 2 aromatic carbocycles. The average molecular weight is 316 g/mol. The number of amides is 2. The van der Waals surface area contributed by atoms with Gasteiger partial charge >= 0.3 is 12.0 Å². The first-order valence-electron chi connectivity index (χ1n) is 6.86. The zero-order valence-electron chi connectivity index (χ0n) is 12.4. The summed E-state index contributed by atoms with van der Waals surface area (Å²) in [7, 11) is 0. The van der Waals surface area contributed by atoms with E-state index in [1.165, 1.54) is 24.3 Å². The molecule has 0 atom stereocenters. The normalized spacial score (nSPS) is 9.96. The van der Waals surface area contributed by atoms with Gasteiger partial charge in [0.15, 0.2) is 0 Å². The predicted octanol–water partition coefficient (Wildman–Crippen LogP) is 2.92. The van der Waals surface area contributed by atoms with Gasteiger partial charge in [-0.25, -0.2) is 9.59 Å². The number of anilines is 2. The molecule has 0 bridgehead atoms. The Morgan fingerprint density at radius 2 is 1.52 bits per heavy atom. The van der Waals surface area contributed by atoms with Crippen LogP contribution in [0.3, 0.4) is 0 Å². The minimum absolute atomic E-state index is 0.168. The molecule has 0 aliphatic rings. The number of nitrogens with one attached hydrogen (secondary N) is 2. The Hall–Kier alpha value is -3.22. The van der Waals surface area contributed by atoms with Gasteiger partial charge in [0, 0.05) is 29.6 Å². The maximum absolute atomic E-state index is 11.8. The first-order chi connectivity index (χ1) is 11.0. The molecule has 4 N–H and O–H groups in total. The third-order valence-corrected chi connectivity index (χ3v) is 2.81. The average Bonchev–Trinajstić information content (AvgIpc) is 2.47. The lowest BCUT2D eigenvalue weighted by molar-refractivity contribution is 0.0526. The Labute approximate surface area is 132 Å². The number of rotatable bonds is 4. The second-order valence-corrected chi connectivity index (χ2v) is 4.62. The highest BCUT2D eigenvalue weighted by molar-refractivity contribution is 6.00. The largest absolute Gasteiger partial charge is 0.508 e. The van der Waals surface area contributed by atoms with E-state index in [1.54, 1.807) is 19.1 Å². The van der Waals surface area contributed by atoms with E-state index in [4.69, 9.17) is 4.74 Å². The summed E-state index contributed by atoms with van der Waals surface area (Å²) in [4.78, 5) is 23.4. The van der Waals surface area contributed by atoms with Gasteiger partial charge in [0.1, 0.15) is 11.5 Å². The van der Waals surface area contributed by atoms with Crippen LogP contribution < -0.4 is 10.6 Å². The van der Waals surface area contributed by atoms with E-state index in [1.807, 2.05) is 0 Å². The minimum Gasteiger partial charge on any atom is -0.508 e. The number of ether oxygens (including phenoxy) is 1. The van der Waals surface area contributed by atoms with Gasteiger partial charge in [-0.2, -0.15) is 0 Å². The Bertz CT molecular complexity index is 693. The maximum atomic E-state index is 11.8. The van der Waals surface area contributed by atoms with E-state index < -0.39 is 12.0 Å². The van der Waals surface area contributed by atoms with Gasteiger partial charge in [0.05, 0.1) is 12.2 Å². The Morgan fingerprint density at radius 3 is 2.09 bits per heavy atom. The fraction of sp³-hybridized carbons (Fsp3) is 0.125. The second kappa shape index (κ2) is 7.17. The van der Waals surface area contributed by atoms with E-state index >= 15 is 0 Å². The summed E-state index contributed by atoms with van der Waals surface area (Å²) in [5.41, 5.74) is 1.10. The quantitative estimate of drug-likeness (QED) is 0.649. The third kappa shape index (κ3) is 4.63. The first kappa shape index (κ1) is 16.2. The second-order valence-electron chi connectivity index (χ2n) is 4.62. The number of carbonyl (C=O) groups is 2. The molecule has 2 rings (SSSR count). The first-order valence-corrected chi connectivity index (χ1v) is 6.86. The molecule has 0 saturated heterocycles. The molecule has 0 aliphatic heterocycles. The minimum atomic E-state index is -0.557. The van der Waals surface area contributed by atoms with Gasteiger partial charge < -0.3 is 25.6 Å². The molecule has 0 aliphatic carbocycles. The lowest BCUT2D eigenvalue weighted by atomic mass is 10.2. The van der Waals surface area contributed by atoms with Crippen molar-refractivity contribution in [3.05, 3.63) is 48.0 Å². The molecular weight excluding hydrogens is 300 g/mol. The molecule has 0 fully saturated rings. The number of phenols is 2. The van der Waals surface area contributed by atoms with Crippen molar-refractivity contribution in [1.82, 2.24) is 0 Å². The van der Waals surface area contributed by atoms with Crippen LogP contribution in [0, 0.1) is 0 Å². The molecule has 7 nitrogen and oxygen atoms in total. The Balaban J connectivity index is 1.98. The summed E-state index contributed by atoms with van der Waals surface area (Å²) >= 11 is 0. The summed E-state index contributed by atoms with van der Waals surface area (Å²) in [5, 5.41) is 23.7. The highest BCUT2D eigenvalue weighted by Crippen LogP contribution is 2.24. The van der Waals surface area contributed by atoms with Crippen LogP contribution in [0.25, 0.3) is 0 Å². The van der Waals surface area contributed by atoms with Crippen molar-refractivity contribution in [2.45, 2.75) is 6.92 Å². The van der Waals surface area contributed by atoms with Crippen molar-refractivity contribution < 1.29 is 24.5 Å². The van der Waals surface area contributed by atoms with Crippen LogP contribution in [-0.4, -0.2) is 28.8 Å². The summed E-state index contributed by atoms with van der Waals surface area (Å²) < 4.78 is 4.86. The number of aromatic hydroxyl groups is 2.